The van der Waals surface area contributed by atoms with Gasteiger partial charge in [0.15, 0.2) is 0 Å². The van der Waals surface area contributed by atoms with Crippen LogP contribution < -0.4 is 15.8 Å². The lowest BCUT2D eigenvalue weighted by molar-refractivity contribution is -0.137. The molecular weight excluding hydrogens is 407 g/mol. The van der Waals surface area contributed by atoms with E-state index in [0.717, 1.165) is 12.1 Å². The molecule has 2 aromatic carbocycles. The molecule has 0 aliphatic carbocycles. The molecule has 4 N–H and O–H groups in total. The summed E-state index contributed by atoms with van der Waals surface area (Å²) in [6, 6.07) is 8.73. The first-order chi connectivity index (χ1) is 12.5. The molecule has 11 heteroatoms. The Morgan fingerprint density at radius 2 is 1.78 bits per heavy atom. The molecule has 2 rings (SSSR count). The summed E-state index contributed by atoms with van der Waals surface area (Å²) in [4.78, 5) is 11.3. The molecule has 6 nitrogen and oxygen atoms in total. The Bertz CT molecular complexity index is 949. The molecule has 27 heavy (non-hydrogen) atoms. The van der Waals surface area contributed by atoms with Crippen LogP contribution in [0.5, 0.6) is 0 Å². The number of primary sulfonamides is 1. The lowest BCUT2D eigenvalue weighted by atomic mass is 10.1. The average Bonchev–Trinajstić information content (AvgIpc) is 2.57. The minimum absolute atomic E-state index is 0.0122. The topological polar surface area (TPSA) is 101 Å². The van der Waals surface area contributed by atoms with E-state index in [4.69, 9.17) is 16.7 Å². The maximum Gasteiger partial charge on any atom is 0.418 e. The highest BCUT2D eigenvalue weighted by atomic mass is 35.5. The summed E-state index contributed by atoms with van der Waals surface area (Å²) in [5.41, 5.74) is -1.26. The number of amides is 1. The fourth-order valence-electron chi connectivity index (χ4n) is 2.20. The molecular formula is C16H15ClF3N3O3S. The van der Waals surface area contributed by atoms with E-state index in [2.05, 4.69) is 10.6 Å². The maximum atomic E-state index is 13.2. The number of nitrogens with two attached hydrogens (primary N) is 1. The second-order valence-electron chi connectivity index (χ2n) is 5.41. The number of hydrogen-bond donors (Lipinski definition) is 3. The second kappa shape index (κ2) is 8.15. The molecule has 0 aliphatic rings. The van der Waals surface area contributed by atoms with Crippen molar-refractivity contribution in [1.29, 1.82) is 0 Å². The van der Waals surface area contributed by atoms with Crippen LogP contribution >= 0.6 is 11.6 Å². The van der Waals surface area contributed by atoms with Crippen LogP contribution in [0, 0.1) is 0 Å². The first-order valence-electron chi connectivity index (χ1n) is 7.51. The second-order valence-corrected chi connectivity index (χ2v) is 7.38. The number of benzene rings is 2. The van der Waals surface area contributed by atoms with Gasteiger partial charge in [-0.2, -0.15) is 13.2 Å². The molecule has 146 valence electrons. The van der Waals surface area contributed by atoms with Crippen molar-refractivity contribution in [3.63, 3.8) is 0 Å². The van der Waals surface area contributed by atoms with Gasteiger partial charge in [-0.1, -0.05) is 23.7 Å². The van der Waals surface area contributed by atoms with Crippen LogP contribution in [0.25, 0.3) is 0 Å². The van der Waals surface area contributed by atoms with Crippen molar-refractivity contribution in [3.8, 4) is 0 Å². The van der Waals surface area contributed by atoms with E-state index in [1.54, 1.807) is 12.1 Å². The summed E-state index contributed by atoms with van der Waals surface area (Å²) >= 11 is 5.89. The van der Waals surface area contributed by atoms with E-state index >= 15 is 0 Å². The molecule has 0 radical (unpaired) electrons. The molecule has 0 atom stereocenters. The minimum atomic E-state index is -4.79. The summed E-state index contributed by atoms with van der Waals surface area (Å²) in [5, 5.41) is 10.2. The summed E-state index contributed by atoms with van der Waals surface area (Å²) in [5.74, 6) is -0.469. The number of nitrogens with one attached hydrogen (secondary N) is 2. The van der Waals surface area contributed by atoms with E-state index in [-0.39, 0.29) is 29.4 Å². The predicted octanol–water partition coefficient (Wildman–Crippen LogP) is 2.85. The van der Waals surface area contributed by atoms with Crippen LogP contribution in [0.1, 0.15) is 15.9 Å². The van der Waals surface area contributed by atoms with Gasteiger partial charge in [0, 0.05) is 18.8 Å². The molecule has 1 amide bonds. The number of carbonyl (C=O) groups is 1. The van der Waals surface area contributed by atoms with Crippen LogP contribution in [-0.2, 0) is 16.2 Å². The third kappa shape index (κ3) is 5.59. The summed E-state index contributed by atoms with van der Waals surface area (Å²) < 4.78 is 62.0. The zero-order valence-electron chi connectivity index (χ0n) is 13.7. The number of carbonyl (C=O) groups excluding carboxylic acids is 1. The van der Waals surface area contributed by atoms with Crippen LogP contribution in [0.15, 0.2) is 47.4 Å². The number of alkyl halides is 3. The summed E-state index contributed by atoms with van der Waals surface area (Å²) in [6.07, 6.45) is -4.79. The Balaban J connectivity index is 2.05. The molecule has 0 fully saturated rings. The van der Waals surface area contributed by atoms with Crippen LogP contribution in [0.2, 0.25) is 5.02 Å². The summed E-state index contributed by atoms with van der Waals surface area (Å²) in [6.45, 7) is -0.0215. The fourth-order valence-corrected chi connectivity index (χ4v) is 2.96. The van der Waals surface area contributed by atoms with Gasteiger partial charge in [0.1, 0.15) is 0 Å². The van der Waals surface area contributed by atoms with E-state index < -0.39 is 32.6 Å². The zero-order valence-corrected chi connectivity index (χ0v) is 15.3. The van der Waals surface area contributed by atoms with Crippen LogP contribution in [0.3, 0.4) is 0 Å². The minimum Gasteiger partial charge on any atom is -0.383 e. The normalized spacial score (nSPS) is 11.9. The maximum absolute atomic E-state index is 13.2. The van der Waals surface area contributed by atoms with E-state index in [9.17, 15) is 26.4 Å². The van der Waals surface area contributed by atoms with E-state index in [1.807, 2.05) is 0 Å². The Morgan fingerprint density at radius 1 is 1.11 bits per heavy atom. The van der Waals surface area contributed by atoms with E-state index in [1.165, 1.54) is 12.1 Å². The number of anilines is 1. The van der Waals surface area contributed by atoms with E-state index in [0.29, 0.717) is 6.07 Å². The number of rotatable bonds is 6. The molecule has 0 bridgehead atoms. The first-order valence-corrected chi connectivity index (χ1v) is 9.43. The van der Waals surface area contributed by atoms with Gasteiger partial charge < -0.3 is 10.6 Å². The molecule has 0 heterocycles. The van der Waals surface area contributed by atoms with Crippen molar-refractivity contribution in [2.24, 2.45) is 5.14 Å². The van der Waals surface area contributed by atoms with Gasteiger partial charge in [-0.3, -0.25) is 4.79 Å². The zero-order chi connectivity index (χ0) is 20.2. The lowest BCUT2D eigenvalue weighted by Crippen LogP contribution is -2.29. The molecule has 0 saturated heterocycles. The van der Waals surface area contributed by atoms with Crippen LogP contribution in [-0.4, -0.2) is 27.4 Å². The quantitative estimate of drug-likeness (QED) is 0.624. The monoisotopic (exact) mass is 421 g/mol. The number of halogens is 4. The van der Waals surface area contributed by atoms with Crippen molar-refractivity contribution in [2.45, 2.75) is 11.1 Å². The highest BCUT2D eigenvalue weighted by Gasteiger charge is 2.34. The van der Waals surface area contributed by atoms with Crippen LogP contribution in [0.4, 0.5) is 18.9 Å². The predicted molar refractivity (Wildman–Crippen MR) is 95.1 cm³/mol. The van der Waals surface area contributed by atoms with Gasteiger partial charge in [-0.15, -0.1) is 0 Å². The Labute approximate surface area is 158 Å². The largest absolute Gasteiger partial charge is 0.418 e. The van der Waals surface area contributed by atoms with Gasteiger partial charge in [0.05, 0.1) is 21.0 Å². The number of hydrogen-bond acceptors (Lipinski definition) is 4. The highest BCUT2D eigenvalue weighted by Crippen LogP contribution is 2.36. The van der Waals surface area contributed by atoms with Gasteiger partial charge >= 0.3 is 6.18 Å². The third-order valence-electron chi connectivity index (χ3n) is 3.47. The smallest absolute Gasteiger partial charge is 0.383 e. The third-order valence-corrected chi connectivity index (χ3v) is 4.71. The molecule has 0 unspecified atom stereocenters. The Kier molecular flexibility index (Phi) is 6.34. The standard InChI is InChI=1S/C16H15ClF3N3O3S/c17-13-4-2-1-3-11(13)15(24)23-8-7-22-14-6-5-10(27(21,25)26)9-12(14)16(18,19)20/h1-6,9,22H,7-8H2,(H,23,24)(H2,21,25,26). The van der Waals surface area contributed by atoms with Gasteiger partial charge in [0.25, 0.3) is 5.91 Å². The van der Waals surface area contributed by atoms with Gasteiger partial charge in [0.2, 0.25) is 10.0 Å². The molecule has 0 spiro atoms. The van der Waals surface area contributed by atoms with Crippen molar-refractivity contribution >= 4 is 33.2 Å². The van der Waals surface area contributed by atoms with Gasteiger partial charge in [-0.05, 0) is 30.3 Å². The Hall–Kier alpha value is -2.30. The van der Waals surface area contributed by atoms with Crippen molar-refractivity contribution < 1.29 is 26.4 Å². The highest BCUT2D eigenvalue weighted by molar-refractivity contribution is 7.89. The van der Waals surface area contributed by atoms with Crippen molar-refractivity contribution in [1.82, 2.24) is 5.32 Å². The summed E-state index contributed by atoms with van der Waals surface area (Å²) in [7, 11) is -4.27. The fraction of sp³-hybridized carbons (Fsp3) is 0.188. The average molecular weight is 422 g/mol. The SMILES string of the molecule is NS(=O)(=O)c1ccc(NCCNC(=O)c2ccccc2Cl)c(C(F)(F)F)c1. The first kappa shape index (κ1) is 21.0. The number of sulfonamides is 1. The molecule has 2 aromatic rings. The van der Waals surface area contributed by atoms with Crippen molar-refractivity contribution in [3.05, 3.63) is 58.6 Å². The van der Waals surface area contributed by atoms with Gasteiger partial charge in [-0.25, -0.2) is 13.6 Å². The molecule has 0 saturated carbocycles. The Morgan fingerprint density at radius 3 is 2.37 bits per heavy atom. The lowest BCUT2D eigenvalue weighted by Gasteiger charge is -2.16. The van der Waals surface area contributed by atoms with Crippen molar-refractivity contribution in [2.75, 3.05) is 18.4 Å². The molecule has 0 aromatic heterocycles. The molecule has 0 aliphatic heterocycles.